The first kappa shape index (κ1) is 9.93. The van der Waals surface area contributed by atoms with Gasteiger partial charge in [-0.3, -0.25) is 10.1 Å². The highest BCUT2D eigenvalue weighted by atomic mass is 16.6. The van der Waals surface area contributed by atoms with Gasteiger partial charge >= 0.3 is 0 Å². The molecule has 78 valence electrons. The summed E-state index contributed by atoms with van der Waals surface area (Å²) in [6.45, 7) is 0. The van der Waals surface area contributed by atoms with Crippen LogP contribution in [0.5, 0.6) is 0 Å². The predicted molar refractivity (Wildman–Crippen MR) is 59.0 cm³/mol. The van der Waals surface area contributed by atoms with Crippen LogP contribution in [0.1, 0.15) is 5.56 Å². The molecule has 2 aromatic rings. The summed E-state index contributed by atoms with van der Waals surface area (Å²) in [5, 5.41) is 19.8. The van der Waals surface area contributed by atoms with Crippen molar-refractivity contribution in [3.8, 4) is 6.07 Å². The van der Waals surface area contributed by atoms with Gasteiger partial charge in [0.1, 0.15) is 0 Å². The topological polar surface area (TPSA) is 71.9 Å². The Bertz CT molecular complexity index is 620. The fourth-order valence-electron chi connectivity index (χ4n) is 1.49. The molecule has 0 aliphatic carbocycles. The van der Waals surface area contributed by atoms with Gasteiger partial charge < -0.3 is 4.57 Å². The second kappa shape index (κ2) is 3.87. The smallest absolute Gasteiger partial charge is 0.250 e. The zero-order valence-corrected chi connectivity index (χ0v) is 8.20. The quantitative estimate of drug-likeness (QED) is 0.567. The highest BCUT2D eigenvalue weighted by molar-refractivity contribution is 5.83. The molecule has 0 N–H and O–H groups in total. The summed E-state index contributed by atoms with van der Waals surface area (Å²) in [6.07, 6.45) is 3.96. The maximum absolute atomic E-state index is 10.2. The Labute approximate surface area is 91.0 Å². The van der Waals surface area contributed by atoms with Crippen LogP contribution < -0.4 is 0 Å². The fourth-order valence-corrected chi connectivity index (χ4v) is 1.49. The first-order chi connectivity index (χ1) is 7.70. The van der Waals surface area contributed by atoms with E-state index in [-0.39, 0.29) is 0 Å². The van der Waals surface area contributed by atoms with Crippen molar-refractivity contribution >= 4 is 17.1 Å². The fraction of sp³-hybridized carbons (Fsp3) is 0. The number of hydrogen-bond acceptors (Lipinski definition) is 3. The van der Waals surface area contributed by atoms with Crippen molar-refractivity contribution < 1.29 is 4.92 Å². The Morgan fingerprint density at radius 1 is 1.44 bits per heavy atom. The van der Waals surface area contributed by atoms with Crippen LogP contribution in [0.3, 0.4) is 0 Å². The molecule has 1 aromatic heterocycles. The molecule has 0 aliphatic rings. The minimum Gasteiger partial charge on any atom is -0.317 e. The van der Waals surface area contributed by atoms with E-state index in [1.165, 1.54) is 6.20 Å². The van der Waals surface area contributed by atoms with Crippen LogP contribution in [0.2, 0.25) is 0 Å². The number of benzene rings is 1. The Morgan fingerprint density at radius 3 is 2.94 bits per heavy atom. The summed E-state index contributed by atoms with van der Waals surface area (Å²) in [4.78, 5) is 9.68. The predicted octanol–water partition coefficient (Wildman–Crippen LogP) is 2.22. The van der Waals surface area contributed by atoms with E-state index in [0.717, 1.165) is 17.1 Å². The molecule has 0 saturated heterocycles. The van der Waals surface area contributed by atoms with Crippen LogP contribution in [0, 0.1) is 21.4 Å². The van der Waals surface area contributed by atoms with Crippen molar-refractivity contribution in [1.29, 1.82) is 5.26 Å². The summed E-state index contributed by atoms with van der Waals surface area (Å²) in [5.41, 5.74) is 1.40. The molecule has 2 rings (SSSR count). The zero-order valence-electron chi connectivity index (χ0n) is 8.20. The lowest BCUT2D eigenvalue weighted by molar-refractivity contribution is -0.401. The molecule has 0 spiro atoms. The highest BCUT2D eigenvalue weighted by Gasteiger charge is 2.00. The van der Waals surface area contributed by atoms with Gasteiger partial charge in [-0.05, 0) is 24.3 Å². The van der Waals surface area contributed by atoms with Gasteiger partial charge in [-0.25, -0.2) is 0 Å². The van der Waals surface area contributed by atoms with Gasteiger partial charge in [0, 0.05) is 11.6 Å². The van der Waals surface area contributed by atoms with Crippen molar-refractivity contribution in [1.82, 2.24) is 4.57 Å². The number of nitro groups is 1. The van der Waals surface area contributed by atoms with Crippen molar-refractivity contribution in [2.45, 2.75) is 0 Å². The van der Waals surface area contributed by atoms with Gasteiger partial charge in [0.15, 0.2) is 0 Å². The molecular formula is C11H7N3O2. The Hall–Kier alpha value is -2.61. The summed E-state index contributed by atoms with van der Waals surface area (Å²) < 4.78 is 1.64. The average molecular weight is 213 g/mol. The Balaban J connectivity index is 2.50. The second-order valence-electron chi connectivity index (χ2n) is 3.19. The molecule has 16 heavy (non-hydrogen) atoms. The van der Waals surface area contributed by atoms with Crippen molar-refractivity contribution in [3.05, 3.63) is 52.3 Å². The van der Waals surface area contributed by atoms with E-state index >= 15 is 0 Å². The molecule has 0 unspecified atom stereocenters. The van der Waals surface area contributed by atoms with Gasteiger partial charge in [-0.15, -0.1) is 0 Å². The standard InChI is InChI=1S/C11H7N3O2/c12-8-9-1-2-11-10(7-9)3-4-13(11)5-6-14(15)16/h1-7H/b6-5+. The molecule has 0 radical (unpaired) electrons. The molecule has 5 nitrogen and oxygen atoms in total. The normalized spacial score (nSPS) is 10.7. The monoisotopic (exact) mass is 213 g/mol. The van der Waals surface area contributed by atoms with Crippen LogP contribution in [0.15, 0.2) is 36.7 Å². The van der Waals surface area contributed by atoms with Gasteiger partial charge in [-0.2, -0.15) is 5.26 Å². The summed E-state index contributed by atoms with van der Waals surface area (Å²) >= 11 is 0. The van der Waals surface area contributed by atoms with Gasteiger partial charge in [-0.1, -0.05) is 0 Å². The van der Waals surface area contributed by atoms with Gasteiger partial charge in [0.25, 0.3) is 6.20 Å². The van der Waals surface area contributed by atoms with Crippen molar-refractivity contribution in [2.75, 3.05) is 0 Å². The minimum atomic E-state index is -0.518. The summed E-state index contributed by atoms with van der Waals surface area (Å²) in [5.74, 6) is 0. The van der Waals surface area contributed by atoms with E-state index in [2.05, 4.69) is 0 Å². The third kappa shape index (κ3) is 1.77. The molecule has 0 saturated carbocycles. The second-order valence-corrected chi connectivity index (χ2v) is 3.19. The van der Waals surface area contributed by atoms with E-state index in [9.17, 15) is 10.1 Å². The molecule has 1 aromatic carbocycles. The number of nitrogens with zero attached hydrogens (tertiary/aromatic N) is 3. The van der Waals surface area contributed by atoms with Crippen LogP contribution in [0.4, 0.5) is 0 Å². The third-order valence-electron chi connectivity index (χ3n) is 2.20. The van der Waals surface area contributed by atoms with Crippen molar-refractivity contribution in [3.63, 3.8) is 0 Å². The molecule has 0 aliphatic heterocycles. The zero-order chi connectivity index (χ0) is 11.5. The number of fused-ring (bicyclic) bond motifs is 1. The average Bonchev–Trinajstić information content (AvgIpc) is 2.68. The maximum atomic E-state index is 10.2. The van der Waals surface area contributed by atoms with Crippen molar-refractivity contribution in [2.24, 2.45) is 0 Å². The number of aromatic nitrogens is 1. The lowest BCUT2D eigenvalue weighted by atomic mass is 10.2. The lowest BCUT2D eigenvalue weighted by Crippen LogP contribution is -1.88. The third-order valence-corrected chi connectivity index (χ3v) is 2.20. The van der Waals surface area contributed by atoms with E-state index < -0.39 is 4.92 Å². The molecule has 0 amide bonds. The number of nitriles is 1. The molecule has 1 heterocycles. The first-order valence-electron chi connectivity index (χ1n) is 4.53. The lowest BCUT2D eigenvalue weighted by Gasteiger charge is -1.96. The van der Waals surface area contributed by atoms with E-state index in [4.69, 9.17) is 5.26 Å². The Kier molecular flexibility index (Phi) is 2.40. The number of hydrogen-bond donors (Lipinski definition) is 0. The minimum absolute atomic E-state index is 0.518. The van der Waals surface area contributed by atoms with Crippen LogP contribution in [-0.2, 0) is 0 Å². The van der Waals surface area contributed by atoms with Crippen LogP contribution in [0.25, 0.3) is 17.1 Å². The summed E-state index contributed by atoms with van der Waals surface area (Å²) in [7, 11) is 0. The van der Waals surface area contributed by atoms with Gasteiger partial charge in [0.2, 0.25) is 0 Å². The van der Waals surface area contributed by atoms with Gasteiger partial charge in [0.05, 0.1) is 28.3 Å². The van der Waals surface area contributed by atoms with E-state index in [1.807, 2.05) is 6.07 Å². The van der Waals surface area contributed by atoms with E-state index in [1.54, 1.807) is 35.0 Å². The SMILES string of the molecule is N#Cc1ccc2c(ccn2/C=C/[N+](=O)[O-])c1. The summed E-state index contributed by atoms with van der Waals surface area (Å²) in [6, 6.07) is 9.03. The first-order valence-corrected chi connectivity index (χ1v) is 4.53. The van der Waals surface area contributed by atoms with Crippen LogP contribution in [-0.4, -0.2) is 9.49 Å². The van der Waals surface area contributed by atoms with E-state index in [0.29, 0.717) is 5.56 Å². The maximum Gasteiger partial charge on any atom is 0.250 e. The largest absolute Gasteiger partial charge is 0.317 e. The molecule has 0 bridgehead atoms. The molecule has 5 heteroatoms. The molecular weight excluding hydrogens is 206 g/mol. The molecule has 0 atom stereocenters. The molecule has 0 fully saturated rings. The highest BCUT2D eigenvalue weighted by Crippen LogP contribution is 2.17. The number of rotatable bonds is 2. The Morgan fingerprint density at radius 2 is 2.25 bits per heavy atom. The van der Waals surface area contributed by atoms with Crippen LogP contribution >= 0.6 is 0 Å².